The number of rotatable bonds is 7. The molecule has 126 valence electrons. The second kappa shape index (κ2) is 9.51. The molecule has 3 nitrogen and oxygen atoms in total. The Bertz CT molecular complexity index is 490. The monoisotopic (exact) mass is 314 g/mol. The number of carbonyl (C=O) groups excluding carboxylic acids is 1. The van der Waals surface area contributed by atoms with Crippen molar-refractivity contribution in [3.8, 4) is 0 Å². The predicted octanol–water partition coefficient (Wildman–Crippen LogP) is 3.67. The number of hydrogen-bond acceptors (Lipinski definition) is 2. The summed E-state index contributed by atoms with van der Waals surface area (Å²) in [5.74, 6) is 0.821. The fourth-order valence-electron chi connectivity index (χ4n) is 3.13. The number of carbonyl (C=O) groups is 1. The van der Waals surface area contributed by atoms with Crippen molar-refractivity contribution in [3.63, 3.8) is 0 Å². The molecule has 1 aromatic carbocycles. The Balaban J connectivity index is 1.96. The molecule has 1 aliphatic rings. The number of benzene rings is 1. The van der Waals surface area contributed by atoms with Gasteiger partial charge < -0.3 is 9.80 Å². The lowest BCUT2D eigenvalue weighted by Crippen LogP contribution is -2.39. The van der Waals surface area contributed by atoms with E-state index in [1.165, 1.54) is 32.1 Å². The molecule has 0 aromatic heterocycles. The quantitative estimate of drug-likeness (QED) is 0.717. The fraction of sp³-hybridized carbons (Fsp3) is 0.550. The fourth-order valence-corrected chi connectivity index (χ4v) is 3.13. The van der Waals surface area contributed by atoms with E-state index in [4.69, 9.17) is 0 Å². The first-order valence-electron chi connectivity index (χ1n) is 8.82. The smallest absolute Gasteiger partial charge is 0.246 e. The molecule has 2 rings (SSSR count). The highest BCUT2D eigenvalue weighted by atomic mass is 16.2. The molecule has 1 fully saturated rings. The predicted molar refractivity (Wildman–Crippen MR) is 97.2 cm³/mol. The van der Waals surface area contributed by atoms with Gasteiger partial charge >= 0.3 is 0 Å². The van der Waals surface area contributed by atoms with Crippen LogP contribution in [-0.4, -0.2) is 49.4 Å². The maximum absolute atomic E-state index is 12.6. The lowest BCUT2D eigenvalue weighted by atomic mass is 9.89. The first-order valence-corrected chi connectivity index (χ1v) is 8.82. The van der Waals surface area contributed by atoms with Crippen LogP contribution < -0.4 is 0 Å². The zero-order chi connectivity index (χ0) is 16.5. The zero-order valence-corrected chi connectivity index (χ0v) is 14.6. The van der Waals surface area contributed by atoms with Gasteiger partial charge in [0.05, 0.1) is 0 Å². The SMILES string of the molecule is CN(C)CCN(CC1CCCCC1)C(=O)/C=C/c1ccccc1. The van der Waals surface area contributed by atoms with E-state index in [1.54, 1.807) is 6.08 Å². The third kappa shape index (κ3) is 6.57. The average molecular weight is 314 g/mol. The van der Waals surface area contributed by atoms with Crippen molar-refractivity contribution in [1.82, 2.24) is 9.80 Å². The summed E-state index contributed by atoms with van der Waals surface area (Å²) in [5, 5.41) is 0. The Morgan fingerprint density at radius 3 is 2.43 bits per heavy atom. The van der Waals surface area contributed by atoms with Crippen LogP contribution in [0.1, 0.15) is 37.7 Å². The Kier molecular flexibility index (Phi) is 7.34. The van der Waals surface area contributed by atoms with Gasteiger partial charge in [-0.1, -0.05) is 49.6 Å². The van der Waals surface area contributed by atoms with Gasteiger partial charge in [0, 0.05) is 25.7 Å². The lowest BCUT2D eigenvalue weighted by Gasteiger charge is -2.30. The van der Waals surface area contributed by atoms with E-state index in [2.05, 4.69) is 19.0 Å². The van der Waals surface area contributed by atoms with Crippen LogP contribution in [0.25, 0.3) is 6.08 Å². The van der Waals surface area contributed by atoms with Crippen LogP contribution in [0.3, 0.4) is 0 Å². The standard InChI is InChI=1S/C20H30N2O/c1-21(2)15-16-22(17-19-11-7-4-8-12-19)20(23)14-13-18-9-5-3-6-10-18/h3,5-6,9-10,13-14,19H,4,7-8,11-12,15-17H2,1-2H3/b14-13+. The topological polar surface area (TPSA) is 23.6 Å². The summed E-state index contributed by atoms with van der Waals surface area (Å²) >= 11 is 0. The van der Waals surface area contributed by atoms with Gasteiger partial charge in [-0.2, -0.15) is 0 Å². The summed E-state index contributed by atoms with van der Waals surface area (Å²) in [5.41, 5.74) is 1.08. The summed E-state index contributed by atoms with van der Waals surface area (Å²) in [7, 11) is 4.12. The largest absolute Gasteiger partial charge is 0.338 e. The van der Waals surface area contributed by atoms with Crippen LogP contribution >= 0.6 is 0 Å². The van der Waals surface area contributed by atoms with Crippen LogP contribution in [0.4, 0.5) is 0 Å². The van der Waals surface area contributed by atoms with Crippen molar-refractivity contribution in [2.75, 3.05) is 33.7 Å². The van der Waals surface area contributed by atoms with Gasteiger partial charge in [0.15, 0.2) is 0 Å². The molecule has 0 aliphatic heterocycles. The highest BCUT2D eigenvalue weighted by Gasteiger charge is 2.19. The third-order valence-electron chi connectivity index (χ3n) is 4.55. The third-order valence-corrected chi connectivity index (χ3v) is 4.55. The zero-order valence-electron chi connectivity index (χ0n) is 14.6. The number of hydrogen-bond donors (Lipinski definition) is 0. The molecule has 0 radical (unpaired) electrons. The Morgan fingerprint density at radius 1 is 1.09 bits per heavy atom. The molecule has 1 aromatic rings. The second-order valence-corrected chi connectivity index (χ2v) is 6.84. The van der Waals surface area contributed by atoms with Gasteiger partial charge in [-0.15, -0.1) is 0 Å². The molecule has 0 saturated heterocycles. The van der Waals surface area contributed by atoms with E-state index in [0.717, 1.165) is 25.2 Å². The van der Waals surface area contributed by atoms with Gasteiger partial charge in [-0.25, -0.2) is 0 Å². The van der Waals surface area contributed by atoms with Gasteiger partial charge in [-0.05, 0) is 44.5 Å². The first kappa shape index (κ1) is 17.7. The normalized spacial score (nSPS) is 16.1. The molecule has 0 heterocycles. The van der Waals surface area contributed by atoms with Crippen molar-refractivity contribution < 1.29 is 4.79 Å². The van der Waals surface area contributed by atoms with Crippen molar-refractivity contribution in [2.45, 2.75) is 32.1 Å². The molecule has 1 amide bonds. The van der Waals surface area contributed by atoms with Crippen molar-refractivity contribution in [3.05, 3.63) is 42.0 Å². The number of likely N-dealkylation sites (N-methyl/N-ethyl adjacent to an activating group) is 1. The van der Waals surface area contributed by atoms with Crippen molar-refractivity contribution >= 4 is 12.0 Å². The van der Waals surface area contributed by atoms with Gasteiger partial charge in [0.1, 0.15) is 0 Å². The highest BCUT2D eigenvalue weighted by molar-refractivity contribution is 5.91. The molecule has 0 unspecified atom stereocenters. The second-order valence-electron chi connectivity index (χ2n) is 6.84. The van der Waals surface area contributed by atoms with E-state index < -0.39 is 0 Å². The minimum absolute atomic E-state index is 0.140. The summed E-state index contributed by atoms with van der Waals surface area (Å²) in [6.45, 7) is 2.63. The van der Waals surface area contributed by atoms with Crippen LogP contribution in [0.2, 0.25) is 0 Å². The van der Waals surface area contributed by atoms with Crippen LogP contribution in [-0.2, 0) is 4.79 Å². The molecule has 0 N–H and O–H groups in total. The van der Waals surface area contributed by atoms with E-state index >= 15 is 0 Å². The Hall–Kier alpha value is -1.61. The van der Waals surface area contributed by atoms with Gasteiger partial charge in [0.25, 0.3) is 0 Å². The van der Waals surface area contributed by atoms with Crippen molar-refractivity contribution in [2.24, 2.45) is 5.92 Å². The highest BCUT2D eigenvalue weighted by Crippen LogP contribution is 2.24. The molecule has 1 saturated carbocycles. The number of amides is 1. The van der Waals surface area contributed by atoms with Gasteiger partial charge in [0.2, 0.25) is 5.91 Å². The van der Waals surface area contributed by atoms with E-state index in [0.29, 0.717) is 5.92 Å². The average Bonchev–Trinajstić information content (AvgIpc) is 2.58. The summed E-state index contributed by atoms with van der Waals surface area (Å²) < 4.78 is 0. The molecule has 0 spiro atoms. The molecule has 1 aliphatic carbocycles. The minimum Gasteiger partial charge on any atom is -0.338 e. The molecule has 0 atom stereocenters. The van der Waals surface area contributed by atoms with E-state index in [1.807, 2.05) is 41.3 Å². The summed E-state index contributed by atoms with van der Waals surface area (Å²) in [4.78, 5) is 16.8. The minimum atomic E-state index is 0.140. The summed E-state index contributed by atoms with van der Waals surface area (Å²) in [6.07, 6.45) is 10.2. The lowest BCUT2D eigenvalue weighted by molar-refractivity contribution is -0.126. The van der Waals surface area contributed by atoms with Gasteiger partial charge in [-0.3, -0.25) is 4.79 Å². The summed E-state index contributed by atoms with van der Waals surface area (Å²) in [6, 6.07) is 10.0. The van der Waals surface area contributed by atoms with Crippen LogP contribution in [0, 0.1) is 5.92 Å². The molecular formula is C20H30N2O. The van der Waals surface area contributed by atoms with E-state index in [-0.39, 0.29) is 5.91 Å². The Morgan fingerprint density at radius 2 is 1.78 bits per heavy atom. The molecule has 23 heavy (non-hydrogen) atoms. The maximum atomic E-state index is 12.6. The van der Waals surface area contributed by atoms with E-state index in [9.17, 15) is 4.79 Å². The Labute approximate surface area is 141 Å². The molecule has 0 bridgehead atoms. The van der Waals surface area contributed by atoms with Crippen molar-refractivity contribution in [1.29, 1.82) is 0 Å². The number of nitrogens with zero attached hydrogens (tertiary/aromatic N) is 2. The maximum Gasteiger partial charge on any atom is 0.246 e. The first-order chi connectivity index (χ1) is 11.1. The molecule has 3 heteroatoms. The molecular weight excluding hydrogens is 284 g/mol. The van der Waals surface area contributed by atoms with Crippen LogP contribution in [0.5, 0.6) is 0 Å². The van der Waals surface area contributed by atoms with Crippen LogP contribution in [0.15, 0.2) is 36.4 Å².